The summed E-state index contributed by atoms with van der Waals surface area (Å²) in [5, 5.41) is 2.59. The molecule has 0 fully saturated rings. The lowest BCUT2D eigenvalue weighted by atomic mass is 10.2. The first-order valence-corrected chi connectivity index (χ1v) is 7.05. The SMILES string of the molecule is CNC(=O)c1ccc(OCc2cn3cccc(C)c3n2)cc1. The van der Waals surface area contributed by atoms with Crippen molar-refractivity contribution in [2.45, 2.75) is 13.5 Å². The minimum absolute atomic E-state index is 0.109. The number of pyridine rings is 1. The van der Waals surface area contributed by atoms with Crippen molar-refractivity contribution in [1.82, 2.24) is 14.7 Å². The monoisotopic (exact) mass is 295 g/mol. The number of hydrogen-bond acceptors (Lipinski definition) is 3. The van der Waals surface area contributed by atoms with Gasteiger partial charge in [0.05, 0.1) is 5.69 Å². The Morgan fingerprint density at radius 1 is 1.27 bits per heavy atom. The third kappa shape index (κ3) is 2.79. The number of ether oxygens (including phenoxy) is 1. The number of fused-ring (bicyclic) bond motifs is 1. The second-order valence-electron chi connectivity index (χ2n) is 5.05. The van der Waals surface area contributed by atoms with Gasteiger partial charge in [-0.1, -0.05) is 6.07 Å². The number of hydrogen-bond donors (Lipinski definition) is 1. The van der Waals surface area contributed by atoms with Crippen LogP contribution in [-0.4, -0.2) is 22.3 Å². The summed E-state index contributed by atoms with van der Waals surface area (Å²) in [6, 6.07) is 11.1. The van der Waals surface area contributed by atoms with Crippen molar-refractivity contribution >= 4 is 11.6 Å². The van der Waals surface area contributed by atoms with Crippen LogP contribution in [0.1, 0.15) is 21.6 Å². The minimum Gasteiger partial charge on any atom is -0.487 e. The van der Waals surface area contributed by atoms with Crippen LogP contribution in [0, 0.1) is 6.92 Å². The molecule has 2 aromatic heterocycles. The summed E-state index contributed by atoms with van der Waals surface area (Å²) in [6.07, 6.45) is 3.93. The van der Waals surface area contributed by atoms with E-state index in [1.807, 2.05) is 35.9 Å². The molecule has 0 aliphatic heterocycles. The smallest absolute Gasteiger partial charge is 0.251 e. The summed E-state index contributed by atoms with van der Waals surface area (Å²) in [5.74, 6) is 0.601. The van der Waals surface area contributed by atoms with Crippen LogP contribution < -0.4 is 10.1 Å². The normalized spacial score (nSPS) is 10.6. The molecule has 0 unspecified atom stereocenters. The fourth-order valence-corrected chi connectivity index (χ4v) is 2.28. The van der Waals surface area contributed by atoms with Crippen LogP contribution in [0.3, 0.4) is 0 Å². The number of aromatic nitrogens is 2. The van der Waals surface area contributed by atoms with E-state index in [0.717, 1.165) is 16.9 Å². The second kappa shape index (κ2) is 5.89. The fraction of sp³-hybridized carbons (Fsp3) is 0.176. The fourth-order valence-electron chi connectivity index (χ4n) is 2.28. The van der Waals surface area contributed by atoms with Crippen LogP contribution in [0.2, 0.25) is 0 Å². The van der Waals surface area contributed by atoms with Crippen LogP contribution in [0.15, 0.2) is 48.8 Å². The Morgan fingerprint density at radius 2 is 2.05 bits per heavy atom. The Labute approximate surface area is 128 Å². The first-order valence-electron chi connectivity index (χ1n) is 7.05. The molecule has 5 nitrogen and oxygen atoms in total. The Bertz CT molecular complexity index is 806. The van der Waals surface area contributed by atoms with Crippen molar-refractivity contribution in [2.75, 3.05) is 7.05 Å². The average Bonchev–Trinajstić information content (AvgIpc) is 2.97. The summed E-state index contributed by atoms with van der Waals surface area (Å²) < 4.78 is 7.71. The van der Waals surface area contributed by atoms with Gasteiger partial charge in [0.2, 0.25) is 0 Å². The summed E-state index contributed by atoms with van der Waals surface area (Å²) in [6.45, 7) is 2.42. The quantitative estimate of drug-likeness (QED) is 0.805. The molecule has 0 saturated carbocycles. The van der Waals surface area contributed by atoms with Gasteiger partial charge in [-0.3, -0.25) is 4.79 Å². The van der Waals surface area contributed by atoms with Gasteiger partial charge in [-0.05, 0) is 42.8 Å². The highest BCUT2D eigenvalue weighted by Gasteiger charge is 2.06. The topological polar surface area (TPSA) is 55.6 Å². The summed E-state index contributed by atoms with van der Waals surface area (Å²) in [4.78, 5) is 16.0. The molecule has 1 aromatic carbocycles. The van der Waals surface area contributed by atoms with Crippen molar-refractivity contribution in [3.63, 3.8) is 0 Å². The predicted molar refractivity (Wildman–Crippen MR) is 84.1 cm³/mol. The number of carbonyl (C=O) groups excluding carboxylic acids is 1. The van der Waals surface area contributed by atoms with E-state index in [4.69, 9.17) is 4.74 Å². The third-order valence-corrected chi connectivity index (χ3v) is 3.46. The molecule has 1 amide bonds. The van der Waals surface area contributed by atoms with E-state index in [9.17, 15) is 4.79 Å². The van der Waals surface area contributed by atoms with E-state index in [0.29, 0.717) is 17.9 Å². The van der Waals surface area contributed by atoms with Crippen molar-refractivity contribution in [3.05, 3.63) is 65.6 Å². The average molecular weight is 295 g/mol. The number of nitrogens with one attached hydrogen (secondary N) is 1. The van der Waals surface area contributed by atoms with Crippen LogP contribution in [0.4, 0.5) is 0 Å². The molecule has 3 aromatic rings. The molecule has 2 heterocycles. The summed E-state index contributed by atoms with van der Waals surface area (Å²) >= 11 is 0. The van der Waals surface area contributed by atoms with Crippen molar-refractivity contribution < 1.29 is 9.53 Å². The first-order chi connectivity index (χ1) is 10.7. The van der Waals surface area contributed by atoms with E-state index in [1.165, 1.54) is 0 Å². The molecule has 1 N–H and O–H groups in total. The summed E-state index contributed by atoms with van der Waals surface area (Å²) in [5.41, 5.74) is 3.54. The van der Waals surface area contributed by atoms with Crippen molar-refractivity contribution in [3.8, 4) is 5.75 Å². The van der Waals surface area contributed by atoms with Crippen LogP contribution in [-0.2, 0) is 6.61 Å². The molecular weight excluding hydrogens is 278 g/mol. The van der Waals surface area contributed by atoms with E-state index in [2.05, 4.69) is 10.3 Å². The maximum atomic E-state index is 11.5. The van der Waals surface area contributed by atoms with Gasteiger partial charge >= 0.3 is 0 Å². The molecule has 0 radical (unpaired) electrons. The molecule has 0 aliphatic carbocycles. The Balaban J connectivity index is 1.71. The maximum Gasteiger partial charge on any atom is 0.251 e. The van der Waals surface area contributed by atoms with Crippen LogP contribution in [0.25, 0.3) is 5.65 Å². The van der Waals surface area contributed by atoms with Gasteiger partial charge in [-0.25, -0.2) is 4.98 Å². The Kier molecular flexibility index (Phi) is 3.78. The van der Waals surface area contributed by atoms with E-state index in [-0.39, 0.29) is 5.91 Å². The highest BCUT2D eigenvalue weighted by Crippen LogP contribution is 2.15. The standard InChI is InChI=1S/C17H17N3O2/c1-12-4-3-9-20-10-14(19-16(12)20)11-22-15-7-5-13(6-8-15)17(21)18-2/h3-10H,11H2,1-2H3,(H,18,21). The molecule has 22 heavy (non-hydrogen) atoms. The van der Waals surface area contributed by atoms with Gasteiger partial charge in [0, 0.05) is 25.0 Å². The van der Waals surface area contributed by atoms with Gasteiger partial charge in [-0.2, -0.15) is 0 Å². The lowest BCUT2D eigenvalue weighted by molar-refractivity contribution is 0.0963. The number of amides is 1. The number of rotatable bonds is 4. The lowest BCUT2D eigenvalue weighted by Crippen LogP contribution is -2.17. The molecule has 0 atom stereocenters. The lowest BCUT2D eigenvalue weighted by Gasteiger charge is -2.05. The van der Waals surface area contributed by atoms with Gasteiger partial charge in [0.1, 0.15) is 18.0 Å². The molecule has 0 aliphatic rings. The van der Waals surface area contributed by atoms with E-state index in [1.54, 1.807) is 31.3 Å². The largest absolute Gasteiger partial charge is 0.487 e. The molecular formula is C17H17N3O2. The number of carbonyl (C=O) groups is 1. The molecule has 5 heteroatoms. The zero-order chi connectivity index (χ0) is 15.5. The molecule has 0 spiro atoms. The van der Waals surface area contributed by atoms with Crippen LogP contribution in [0.5, 0.6) is 5.75 Å². The minimum atomic E-state index is -0.109. The first kappa shape index (κ1) is 14.1. The van der Waals surface area contributed by atoms with Gasteiger partial charge in [-0.15, -0.1) is 0 Å². The number of nitrogens with zero attached hydrogens (tertiary/aromatic N) is 2. The maximum absolute atomic E-state index is 11.5. The van der Waals surface area contributed by atoms with Gasteiger partial charge in [0.15, 0.2) is 0 Å². The number of imidazole rings is 1. The van der Waals surface area contributed by atoms with Crippen molar-refractivity contribution in [1.29, 1.82) is 0 Å². The Hall–Kier alpha value is -2.82. The zero-order valence-electron chi connectivity index (χ0n) is 12.5. The molecule has 0 saturated heterocycles. The molecule has 112 valence electrons. The number of benzene rings is 1. The molecule has 3 rings (SSSR count). The predicted octanol–water partition coefficient (Wildman–Crippen LogP) is 2.58. The third-order valence-electron chi connectivity index (χ3n) is 3.46. The second-order valence-corrected chi connectivity index (χ2v) is 5.05. The Morgan fingerprint density at radius 3 is 2.73 bits per heavy atom. The van der Waals surface area contributed by atoms with Crippen molar-refractivity contribution in [2.24, 2.45) is 0 Å². The highest BCUT2D eigenvalue weighted by molar-refractivity contribution is 5.94. The van der Waals surface area contributed by atoms with Gasteiger partial charge in [0.25, 0.3) is 5.91 Å². The van der Waals surface area contributed by atoms with E-state index < -0.39 is 0 Å². The number of aryl methyl sites for hydroxylation is 1. The van der Waals surface area contributed by atoms with Gasteiger partial charge < -0.3 is 14.5 Å². The summed E-state index contributed by atoms with van der Waals surface area (Å²) in [7, 11) is 1.61. The highest BCUT2D eigenvalue weighted by atomic mass is 16.5. The zero-order valence-corrected chi connectivity index (χ0v) is 12.5. The van der Waals surface area contributed by atoms with Crippen LogP contribution >= 0.6 is 0 Å². The van der Waals surface area contributed by atoms with E-state index >= 15 is 0 Å². The molecule has 0 bridgehead atoms.